The maximum Gasteiger partial charge on any atom is 0.331 e. The summed E-state index contributed by atoms with van der Waals surface area (Å²) in [6, 6.07) is 0. The largest absolute Gasteiger partial charge is 0.489 e. The van der Waals surface area contributed by atoms with Gasteiger partial charge in [0.15, 0.2) is 0 Å². The van der Waals surface area contributed by atoms with Gasteiger partial charge in [-0.3, -0.25) is 10.1 Å². The van der Waals surface area contributed by atoms with Crippen LogP contribution in [-0.4, -0.2) is 17.0 Å². The Bertz CT molecular complexity index is 271. The lowest BCUT2D eigenvalue weighted by atomic mass is 10.3. The fourth-order valence-electron chi connectivity index (χ4n) is 1.06. The summed E-state index contributed by atoms with van der Waals surface area (Å²) >= 11 is 0. The Morgan fingerprint density at radius 1 is 1.75 bits per heavy atom. The molecule has 0 bridgehead atoms. The summed E-state index contributed by atoms with van der Waals surface area (Å²) in [7, 11) is 1.41. The van der Waals surface area contributed by atoms with E-state index in [4.69, 9.17) is 4.74 Å². The van der Waals surface area contributed by atoms with E-state index in [1.54, 1.807) is 0 Å². The van der Waals surface area contributed by atoms with Crippen molar-refractivity contribution in [3.63, 3.8) is 0 Å². The van der Waals surface area contributed by atoms with Crippen LogP contribution in [-0.2, 0) is 6.42 Å². The minimum atomic E-state index is -0.436. The van der Waals surface area contributed by atoms with E-state index in [2.05, 4.69) is 4.98 Å². The van der Waals surface area contributed by atoms with Crippen molar-refractivity contribution in [2.75, 3.05) is 7.11 Å². The molecule has 1 rings (SSSR count). The molecule has 1 aromatic rings. The Hall–Kier alpha value is -1.52. The van der Waals surface area contributed by atoms with Crippen LogP contribution in [0.2, 0.25) is 0 Å². The van der Waals surface area contributed by atoms with E-state index in [1.165, 1.54) is 13.3 Å². The van der Waals surface area contributed by atoms with Gasteiger partial charge in [-0.15, -0.1) is 0 Å². The summed E-state index contributed by atoms with van der Waals surface area (Å²) < 4.78 is 4.82. The molecule has 0 unspecified atom stereocenters. The first kappa shape index (κ1) is 8.58. The molecule has 0 fully saturated rings. The Labute approximate surface area is 69.5 Å². The van der Waals surface area contributed by atoms with Crippen LogP contribution in [0.15, 0.2) is 6.20 Å². The van der Waals surface area contributed by atoms with Crippen molar-refractivity contribution in [2.45, 2.75) is 13.3 Å². The Kier molecular flexibility index (Phi) is 2.32. The van der Waals surface area contributed by atoms with E-state index in [0.29, 0.717) is 12.1 Å². The number of nitro groups is 1. The van der Waals surface area contributed by atoms with Gasteiger partial charge in [0, 0.05) is 0 Å². The molecular weight excluding hydrogens is 160 g/mol. The molecule has 0 aliphatic heterocycles. The van der Waals surface area contributed by atoms with E-state index >= 15 is 0 Å². The van der Waals surface area contributed by atoms with Gasteiger partial charge in [0.1, 0.15) is 0 Å². The minimum absolute atomic E-state index is 0.0417. The molecule has 1 N–H and O–H groups in total. The zero-order chi connectivity index (χ0) is 9.14. The summed E-state index contributed by atoms with van der Waals surface area (Å²) in [5, 5.41) is 10.5. The van der Waals surface area contributed by atoms with Crippen LogP contribution < -0.4 is 4.74 Å². The zero-order valence-corrected chi connectivity index (χ0v) is 6.96. The van der Waals surface area contributed by atoms with Crippen LogP contribution in [0.4, 0.5) is 5.69 Å². The van der Waals surface area contributed by atoms with E-state index in [0.717, 1.165) is 0 Å². The highest BCUT2D eigenvalue weighted by molar-refractivity contribution is 5.50. The van der Waals surface area contributed by atoms with Gasteiger partial charge >= 0.3 is 5.69 Å². The normalized spacial score (nSPS) is 9.83. The van der Waals surface area contributed by atoms with Crippen molar-refractivity contribution in [1.29, 1.82) is 0 Å². The first-order chi connectivity index (χ1) is 5.70. The van der Waals surface area contributed by atoms with Crippen LogP contribution in [0.3, 0.4) is 0 Å². The lowest BCUT2D eigenvalue weighted by Gasteiger charge is -1.94. The summed E-state index contributed by atoms with van der Waals surface area (Å²) in [4.78, 5) is 12.9. The molecule has 66 valence electrons. The van der Waals surface area contributed by atoms with Gasteiger partial charge in [-0.2, -0.15) is 0 Å². The molecule has 0 aliphatic carbocycles. The number of nitrogens with one attached hydrogen (secondary N) is 1. The van der Waals surface area contributed by atoms with Crippen molar-refractivity contribution in [3.8, 4) is 5.75 Å². The molecule has 0 spiro atoms. The first-order valence-corrected chi connectivity index (χ1v) is 3.59. The van der Waals surface area contributed by atoms with Crippen molar-refractivity contribution in [3.05, 3.63) is 22.0 Å². The third-order valence-corrected chi connectivity index (χ3v) is 1.65. The number of rotatable bonds is 3. The number of hydrogen-bond donors (Lipinski definition) is 1. The number of nitrogens with zero attached hydrogens (tertiary/aromatic N) is 1. The second-order valence-electron chi connectivity index (χ2n) is 2.29. The predicted octanol–water partition coefficient (Wildman–Crippen LogP) is 1.49. The number of ether oxygens (including phenoxy) is 1. The molecular formula is C7H10N2O3. The third kappa shape index (κ3) is 1.25. The molecule has 1 heterocycles. The summed E-state index contributed by atoms with van der Waals surface area (Å²) in [6.07, 6.45) is 2.09. The monoisotopic (exact) mass is 170 g/mol. The van der Waals surface area contributed by atoms with Crippen LogP contribution in [0, 0.1) is 10.1 Å². The Morgan fingerprint density at radius 2 is 2.42 bits per heavy atom. The molecule has 0 saturated heterocycles. The molecule has 5 nitrogen and oxygen atoms in total. The first-order valence-electron chi connectivity index (χ1n) is 3.59. The van der Waals surface area contributed by atoms with Crippen molar-refractivity contribution >= 4 is 5.69 Å². The number of aromatic nitrogens is 1. The van der Waals surface area contributed by atoms with Gasteiger partial charge in [0.25, 0.3) is 0 Å². The smallest absolute Gasteiger partial charge is 0.331 e. The predicted molar refractivity (Wildman–Crippen MR) is 43.4 cm³/mol. The number of H-pyrrole nitrogens is 1. The van der Waals surface area contributed by atoms with E-state index in [1.807, 2.05) is 6.92 Å². The second kappa shape index (κ2) is 3.25. The SMILES string of the molecule is CCc1[nH]cc(OC)c1[N+](=O)[O-]. The topological polar surface area (TPSA) is 68.2 Å². The average molecular weight is 170 g/mol. The number of aryl methyl sites for hydroxylation is 1. The van der Waals surface area contributed by atoms with Gasteiger partial charge in [-0.05, 0) is 6.42 Å². The van der Waals surface area contributed by atoms with Gasteiger partial charge in [-0.25, -0.2) is 0 Å². The summed E-state index contributed by atoms with van der Waals surface area (Å²) in [5.74, 6) is 0.289. The van der Waals surface area contributed by atoms with Crippen molar-refractivity contribution < 1.29 is 9.66 Å². The maximum atomic E-state index is 10.5. The molecule has 0 radical (unpaired) electrons. The van der Waals surface area contributed by atoms with Crippen LogP contribution in [0.1, 0.15) is 12.6 Å². The number of methoxy groups -OCH3 is 1. The van der Waals surface area contributed by atoms with Crippen molar-refractivity contribution in [1.82, 2.24) is 4.98 Å². The molecule has 1 aromatic heterocycles. The zero-order valence-electron chi connectivity index (χ0n) is 6.96. The number of aromatic amines is 1. The van der Waals surface area contributed by atoms with Crippen LogP contribution in [0.5, 0.6) is 5.75 Å². The maximum absolute atomic E-state index is 10.5. The lowest BCUT2D eigenvalue weighted by Crippen LogP contribution is -1.93. The van der Waals surface area contributed by atoms with Gasteiger partial charge in [-0.1, -0.05) is 6.92 Å². The van der Waals surface area contributed by atoms with E-state index in [-0.39, 0.29) is 11.4 Å². The fraction of sp³-hybridized carbons (Fsp3) is 0.429. The highest BCUT2D eigenvalue weighted by Gasteiger charge is 2.21. The molecule has 0 aromatic carbocycles. The van der Waals surface area contributed by atoms with Crippen LogP contribution in [0.25, 0.3) is 0 Å². The van der Waals surface area contributed by atoms with Gasteiger partial charge in [0.05, 0.1) is 23.9 Å². The Morgan fingerprint density at radius 3 is 2.83 bits per heavy atom. The standard InChI is InChI=1S/C7H10N2O3/c1-3-5-7(9(10)11)6(12-2)4-8-5/h4,8H,3H2,1-2H3. The third-order valence-electron chi connectivity index (χ3n) is 1.65. The lowest BCUT2D eigenvalue weighted by molar-refractivity contribution is -0.386. The molecule has 0 amide bonds. The molecule has 0 aliphatic rings. The van der Waals surface area contributed by atoms with Gasteiger partial charge in [0.2, 0.25) is 5.75 Å². The van der Waals surface area contributed by atoms with E-state index in [9.17, 15) is 10.1 Å². The minimum Gasteiger partial charge on any atom is -0.489 e. The molecule has 12 heavy (non-hydrogen) atoms. The van der Waals surface area contributed by atoms with Gasteiger partial charge < -0.3 is 9.72 Å². The molecule has 0 saturated carbocycles. The quantitative estimate of drug-likeness (QED) is 0.552. The highest BCUT2D eigenvalue weighted by Crippen LogP contribution is 2.30. The highest BCUT2D eigenvalue weighted by atomic mass is 16.6. The second-order valence-corrected chi connectivity index (χ2v) is 2.29. The summed E-state index contributed by atoms with van der Waals surface area (Å²) in [5.41, 5.74) is 0.636. The van der Waals surface area contributed by atoms with E-state index < -0.39 is 4.92 Å². The van der Waals surface area contributed by atoms with Crippen molar-refractivity contribution in [2.24, 2.45) is 0 Å². The number of hydrogen-bond acceptors (Lipinski definition) is 3. The molecule has 0 atom stereocenters. The Balaban J connectivity index is 3.16. The molecule has 5 heteroatoms. The fourth-order valence-corrected chi connectivity index (χ4v) is 1.06. The summed E-state index contributed by atoms with van der Waals surface area (Å²) in [6.45, 7) is 1.85. The van der Waals surface area contributed by atoms with Crippen LogP contribution >= 0.6 is 0 Å². The average Bonchev–Trinajstić information content (AvgIpc) is 2.46.